The van der Waals surface area contributed by atoms with E-state index in [1.807, 2.05) is 42.5 Å². The third-order valence-corrected chi connectivity index (χ3v) is 3.18. The Morgan fingerprint density at radius 2 is 1.60 bits per heavy atom. The summed E-state index contributed by atoms with van der Waals surface area (Å²) in [4.78, 5) is 13.9. The first-order valence-corrected chi connectivity index (χ1v) is 6.74. The van der Waals surface area contributed by atoms with Crippen LogP contribution in [0.15, 0.2) is 48.7 Å². The second kappa shape index (κ2) is 4.67. The first-order valence-electron chi connectivity index (χ1n) is 6.74. The van der Waals surface area contributed by atoms with Gasteiger partial charge < -0.3 is 0 Å². The highest BCUT2D eigenvalue weighted by Crippen LogP contribution is 2.28. The van der Waals surface area contributed by atoms with E-state index in [0.717, 1.165) is 28.1 Å². The molecule has 0 atom stereocenters. The molecule has 0 saturated carbocycles. The Labute approximate surface area is 118 Å². The van der Waals surface area contributed by atoms with E-state index in [-0.39, 0.29) is 5.41 Å². The van der Waals surface area contributed by atoms with Gasteiger partial charge in [0.25, 0.3) is 0 Å². The summed E-state index contributed by atoms with van der Waals surface area (Å²) in [6.45, 7) is 6.37. The van der Waals surface area contributed by atoms with E-state index in [0.29, 0.717) is 0 Å². The van der Waals surface area contributed by atoms with Crippen molar-refractivity contribution in [1.29, 1.82) is 0 Å². The van der Waals surface area contributed by atoms with Crippen LogP contribution in [-0.2, 0) is 5.41 Å². The molecule has 0 saturated heterocycles. The molecule has 0 radical (unpaired) electrons. The van der Waals surface area contributed by atoms with E-state index >= 15 is 0 Å². The Kier molecular flexibility index (Phi) is 2.97. The molecule has 0 aliphatic rings. The molecule has 1 aromatic carbocycles. The average Bonchev–Trinajstić information content (AvgIpc) is 2.46. The fourth-order valence-corrected chi connectivity index (χ4v) is 2.11. The number of rotatable bonds is 1. The van der Waals surface area contributed by atoms with E-state index < -0.39 is 0 Å². The molecule has 3 nitrogen and oxygen atoms in total. The van der Waals surface area contributed by atoms with Crippen LogP contribution in [0.3, 0.4) is 0 Å². The fourth-order valence-electron chi connectivity index (χ4n) is 2.11. The van der Waals surface area contributed by atoms with E-state index in [1.54, 1.807) is 6.20 Å². The number of nitrogens with zero attached hydrogens (tertiary/aromatic N) is 3. The van der Waals surface area contributed by atoms with Gasteiger partial charge in [-0.05, 0) is 18.2 Å². The van der Waals surface area contributed by atoms with Crippen LogP contribution in [0.1, 0.15) is 26.6 Å². The predicted molar refractivity (Wildman–Crippen MR) is 81.5 cm³/mol. The lowest BCUT2D eigenvalue weighted by molar-refractivity contribution is 0.549. The summed E-state index contributed by atoms with van der Waals surface area (Å²) in [5, 5.41) is 1.04. The van der Waals surface area contributed by atoms with Gasteiger partial charge in [0, 0.05) is 17.0 Å². The van der Waals surface area contributed by atoms with Crippen molar-refractivity contribution < 1.29 is 0 Å². The van der Waals surface area contributed by atoms with Gasteiger partial charge in [-0.2, -0.15) is 0 Å². The monoisotopic (exact) mass is 263 g/mol. The average molecular weight is 263 g/mol. The smallest absolute Gasteiger partial charge is 0.135 e. The number of para-hydroxylation sites is 1. The second-order valence-corrected chi connectivity index (χ2v) is 5.88. The number of pyridine rings is 1. The van der Waals surface area contributed by atoms with Crippen LogP contribution >= 0.6 is 0 Å². The van der Waals surface area contributed by atoms with E-state index in [4.69, 9.17) is 9.97 Å². The highest BCUT2D eigenvalue weighted by atomic mass is 14.9. The number of aromatic nitrogens is 3. The highest BCUT2D eigenvalue weighted by Gasteiger charge is 2.20. The minimum absolute atomic E-state index is 0.0897. The molecule has 0 aliphatic carbocycles. The SMILES string of the molecule is CC(C)(C)c1nc(-c2ccccn2)c2ccccc2n1. The molecule has 2 aromatic heterocycles. The van der Waals surface area contributed by atoms with Crippen LogP contribution in [0.25, 0.3) is 22.3 Å². The van der Waals surface area contributed by atoms with E-state index in [2.05, 4.69) is 25.8 Å². The maximum atomic E-state index is 4.77. The van der Waals surface area contributed by atoms with Crippen LogP contribution in [0.2, 0.25) is 0 Å². The summed E-state index contributed by atoms with van der Waals surface area (Å²) < 4.78 is 0. The van der Waals surface area contributed by atoms with Crippen LogP contribution < -0.4 is 0 Å². The zero-order chi connectivity index (χ0) is 14.2. The lowest BCUT2D eigenvalue weighted by Crippen LogP contribution is -2.16. The molecular weight excluding hydrogens is 246 g/mol. The van der Waals surface area contributed by atoms with Crippen LogP contribution in [0.5, 0.6) is 0 Å². The Morgan fingerprint density at radius 3 is 2.30 bits per heavy atom. The van der Waals surface area contributed by atoms with Crippen molar-refractivity contribution >= 4 is 10.9 Å². The number of benzene rings is 1. The van der Waals surface area contributed by atoms with Crippen molar-refractivity contribution in [2.24, 2.45) is 0 Å². The van der Waals surface area contributed by atoms with Gasteiger partial charge in [0.15, 0.2) is 0 Å². The van der Waals surface area contributed by atoms with Gasteiger partial charge in [0.05, 0.1) is 11.2 Å². The number of hydrogen-bond donors (Lipinski definition) is 0. The van der Waals surface area contributed by atoms with Crippen molar-refractivity contribution in [3.05, 3.63) is 54.5 Å². The minimum Gasteiger partial charge on any atom is -0.255 e. The quantitative estimate of drug-likeness (QED) is 0.666. The standard InChI is InChI=1S/C17H17N3/c1-17(2,3)16-19-13-9-5-4-8-12(13)15(20-16)14-10-6-7-11-18-14/h4-11H,1-3H3. The maximum Gasteiger partial charge on any atom is 0.135 e. The maximum absolute atomic E-state index is 4.77. The van der Waals surface area contributed by atoms with Gasteiger partial charge in [0.1, 0.15) is 11.5 Å². The second-order valence-electron chi connectivity index (χ2n) is 5.88. The molecule has 20 heavy (non-hydrogen) atoms. The number of hydrogen-bond acceptors (Lipinski definition) is 3. The van der Waals surface area contributed by atoms with Gasteiger partial charge in [-0.15, -0.1) is 0 Å². The van der Waals surface area contributed by atoms with Crippen molar-refractivity contribution in [2.75, 3.05) is 0 Å². The van der Waals surface area contributed by atoms with Gasteiger partial charge in [-0.25, -0.2) is 9.97 Å². The lowest BCUT2D eigenvalue weighted by Gasteiger charge is -2.18. The van der Waals surface area contributed by atoms with E-state index in [9.17, 15) is 0 Å². The Morgan fingerprint density at radius 1 is 0.850 bits per heavy atom. The summed E-state index contributed by atoms with van der Waals surface area (Å²) in [6, 6.07) is 14.0. The molecule has 0 amide bonds. The van der Waals surface area contributed by atoms with Crippen LogP contribution in [-0.4, -0.2) is 15.0 Å². The molecule has 100 valence electrons. The van der Waals surface area contributed by atoms with E-state index in [1.165, 1.54) is 0 Å². The molecule has 0 bridgehead atoms. The lowest BCUT2D eigenvalue weighted by atomic mass is 9.95. The molecule has 0 N–H and O–H groups in total. The van der Waals surface area contributed by atoms with Crippen LogP contribution in [0.4, 0.5) is 0 Å². The third-order valence-electron chi connectivity index (χ3n) is 3.18. The Balaban J connectivity index is 2.34. The molecule has 0 aliphatic heterocycles. The summed E-state index contributed by atoms with van der Waals surface area (Å²) in [6.07, 6.45) is 1.79. The molecule has 3 heteroatoms. The molecule has 0 fully saturated rings. The van der Waals surface area contributed by atoms with Crippen molar-refractivity contribution in [3.63, 3.8) is 0 Å². The zero-order valence-electron chi connectivity index (χ0n) is 12.0. The minimum atomic E-state index is -0.0897. The van der Waals surface area contributed by atoms with Crippen LogP contribution in [0, 0.1) is 0 Å². The predicted octanol–water partition coefficient (Wildman–Crippen LogP) is 3.99. The molecular formula is C17H17N3. The first kappa shape index (κ1) is 12.7. The van der Waals surface area contributed by atoms with Crippen molar-refractivity contribution in [1.82, 2.24) is 15.0 Å². The highest BCUT2D eigenvalue weighted by molar-refractivity contribution is 5.91. The van der Waals surface area contributed by atoms with Gasteiger partial charge in [-0.1, -0.05) is 45.0 Å². The molecule has 0 unspecified atom stereocenters. The Bertz CT molecular complexity index is 743. The summed E-state index contributed by atoms with van der Waals surface area (Å²) in [5.41, 5.74) is 2.67. The fraction of sp³-hybridized carbons (Fsp3) is 0.235. The van der Waals surface area contributed by atoms with Gasteiger partial charge in [0.2, 0.25) is 0 Å². The molecule has 0 spiro atoms. The Hall–Kier alpha value is -2.29. The normalized spacial score (nSPS) is 11.8. The summed E-state index contributed by atoms with van der Waals surface area (Å²) in [7, 11) is 0. The summed E-state index contributed by atoms with van der Waals surface area (Å²) in [5.74, 6) is 0.844. The zero-order valence-corrected chi connectivity index (χ0v) is 12.0. The molecule has 2 heterocycles. The molecule has 3 aromatic rings. The molecule has 3 rings (SSSR count). The first-order chi connectivity index (χ1) is 9.55. The summed E-state index contributed by atoms with van der Waals surface area (Å²) >= 11 is 0. The third kappa shape index (κ3) is 2.27. The van der Waals surface area contributed by atoms with Crippen molar-refractivity contribution in [2.45, 2.75) is 26.2 Å². The van der Waals surface area contributed by atoms with Crippen molar-refractivity contribution in [3.8, 4) is 11.4 Å². The van der Waals surface area contributed by atoms with Gasteiger partial charge in [-0.3, -0.25) is 4.98 Å². The topological polar surface area (TPSA) is 38.7 Å². The largest absolute Gasteiger partial charge is 0.255 e. The van der Waals surface area contributed by atoms with Gasteiger partial charge >= 0.3 is 0 Å². The number of fused-ring (bicyclic) bond motifs is 1.